The highest BCUT2D eigenvalue weighted by molar-refractivity contribution is 6.46. The Bertz CT molecular complexity index is 1240. The maximum Gasteiger partial charge on any atom is 0.295 e. The zero-order valence-electron chi connectivity index (χ0n) is 23.7. The van der Waals surface area contributed by atoms with Gasteiger partial charge in [-0.1, -0.05) is 19.9 Å². The first-order valence-corrected chi connectivity index (χ1v) is 14.0. The van der Waals surface area contributed by atoms with Gasteiger partial charge in [0.15, 0.2) is 11.5 Å². The minimum Gasteiger partial charge on any atom is -0.507 e. The largest absolute Gasteiger partial charge is 0.507 e. The number of hydrogen-bond acceptors (Lipinski definition) is 7. The van der Waals surface area contributed by atoms with Gasteiger partial charge in [0.2, 0.25) is 0 Å². The zero-order valence-corrected chi connectivity index (χ0v) is 23.7. The van der Waals surface area contributed by atoms with Crippen LogP contribution in [0.3, 0.4) is 0 Å². The summed E-state index contributed by atoms with van der Waals surface area (Å²) < 4.78 is 17.4. The van der Waals surface area contributed by atoms with Crippen LogP contribution in [0.5, 0.6) is 17.2 Å². The first-order valence-electron chi connectivity index (χ1n) is 14.0. The molecule has 0 saturated carbocycles. The second-order valence-corrected chi connectivity index (χ2v) is 9.90. The standard InChI is InChI=1S/C31H40N2O6/c1-6-32(7-2)15-10-16-33-28(21-11-14-25(37-8-3)26(19-21)38-9-4)27(30(35)31(33)36)29(34)22-12-13-24-23(18-22)17-20(5)39-24/h11-14,18-20,28,34H,6-10,15-17H2,1-5H3/t20-,28+/m0/s1. The summed E-state index contributed by atoms with van der Waals surface area (Å²) in [5, 5.41) is 11.5. The third-order valence-electron chi connectivity index (χ3n) is 7.36. The van der Waals surface area contributed by atoms with Crippen molar-refractivity contribution in [3.63, 3.8) is 0 Å². The molecule has 2 aromatic carbocycles. The van der Waals surface area contributed by atoms with Crippen molar-refractivity contribution in [2.45, 2.75) is 59.6 Å². The van der Waals surface area contributed by atoms with Crippen LogP contribution in [-0.4, -0.2) is 72.1 Å². The molecular weight excluding hydrogens is 496 g/mol. The number of rotatable bonds is 12. The molecule has 1 fully saturated rings. The first-order chi connectivity index (χ1) is 18.8. The van der Waals surface area contributed by atoms with E-state index in [4.69, 9.17) is 14.2 Å². The Morgan fingerprint density at radius 3 is 2.44 bits per heavy atom. The molecule has 1 saturated heterocycles. The van der Waals surface area contributed by atoms with Gasteiger partial charge in [-0.2, -0.15) is 0 Å². The normalized spacial score (nSPS) is 19.9. The summed E-state index contributed by atoms with van der Waals surface area (Å²) in [4.78, 5) is 30.8. The number of ketones is 1. The molecule has 0 unspecified atom stereocenters. The maximum atomic E-state index is 13.5. The molecule has 4 rings (SSSR count). The van der Waals surface area contributed by atoms with Gasteiger partial charge in [-0.05, 0) is 88.3 Å². The van der Waals surface area contributed by atoms with Crippen LogP contribution in [0, 0.1) is 0 Å². The molecule has 1 N–H and O–H groups in total. The predicted molar refractivity (Wildman–Crippen MR) is 150 cm³/mol. The molecule has 0 bridgehead atoms. The number of carbonyl (C=O) groups is 2. The summed E-state index contributed by atoms with van der Waals surface area (Å²) in [5.74, 6) is 0.436. The van der Waals surface area contributed by atoms with Crippen molar-refractivity contribution >= 4 is 17.4 Å². The van der Waals surface area contributed by atoms with E-state index < -0.39 is 17.7 Å². The number of nitrogens with zero attached hydrogens (tertiary/aromatic N) is 2. The molecule has 2 aliphatic heterocycles. The van der Waals surface area contributed by atoms with Crippen LogP contribution in [-0.2, 0) is 16.0 Å². The summed E-state index contributed by atoms with van der Waals surface area (Å²) in [7, 11) is 0. The van der Waals surface area contributed by atoms with E-state index in [1.54, 1.807) is 17.0 Å². The van der Waals surface area contributed by atoms with Gasteiger partial charge in [-0.3, -0.25) is 9.59 Å². The van der Waals surface area contributed by atoms with Crippen molar-refractivity contribution < 1.29 is 28.9 Å². The van der Waals surface area contributed by atoms with Crippen molar-refractivity contribution in [2.75, 3.05) is 39.4 Å². The molecule has 210 valence electrons. The van der Waals surface area contributed by atoms with Crippen LogP contribution in [0.25, 0.3) is 5.76 Å². The number of amides is 1. The predicted octanol–water partition coefficient (Wildman–Crippen LogP) is 4.96. The number of benzene rings is 2. The third kappa shape index (κ3) is 5.91. The fraction of sp³-hybridized carbons (Fsp3) is 0.484. The highest BCUT2D eigenvalue weighted by Gasteiger charge is 2.46. The second kappa shape index (κ2) is 12.6. The number of aliphatic hydroxyl groups is 1. The summed E-state index contributed by atoms with van der Waals surface area (Å²) in [5.41, 5.74) is 2.23. The highest BCUT2D eigenvalue weighted by Crippen LogP contribution is 2.43. The third-order valence-corrected chi connectivity index (χ3v) is 7.36. The summed E-state index contributed by atoms with van der Waals surface area (Å²) >= 11 is 0. The van der Waals surface area contributed by atoms with E-state index in [9.17, 15) is 14.7 Å². The average Bonchev–Trinajstić information content (AvgIpc) is 3.42. The molecule has 0 aromatic heterocycles. The fourth-order valence-corrected chi connectivity index (χ4v) is 5.42. The fourth-order valence-electron chi connectivity index (χ4n) is 5.42. The molecule has 8 nitrogen and oxygen atoms in total. The molecule has 39 heavy (non-hydrogen) atoms. The molecule has 2 heterocycles. The smallest absolute Gasteiger partial charge is 0.295 e. The van der Waals surface area contributed by atoms with E-state index >= 15 is 0 Å². The molecule has 2 atom stereocenters. The number of fused-ring (bicyclic) bond motifs is 1. The summed E-state index contributed by atoms with van der Waals surface area (Å²) in [6.07, 6.45) is 1.47. The van der Waals surface area contributed by atoms with Crippen molar-refractivity contribution in [2.24, 2.45) is 0 Å². The number of Topliss-reactive ketones (excluding diaryl/α,β-unsaturated/α-hetero) is 1. The number of likely N-dealkylation sites (tertiary alicyclic amines) is 1. The topological polar surface area (TPSA) is 88.5 Å². The van der Waals surface area contributed by atoms with Gasteiger partial charge in [0.05, 0.1) is 24.8 Å². The maximum absolute atomic E-state index is 13.5. The van der Waals surface area contributed by atoms with Crippen LogP contribution in [0.2, 0.25) is 0 Å². The Morgan fingerprint density at radius 2 is 1.74 bits per heavy atom. The molecule has 0 spiro atoms. The molecule has 1 amide bonds. The molecular formula is C31H40N2O6. The Labute approximate surface area is 231 Å². The lowest BCUT2D eigenvalue weighted by Crippen LogP contribution is -2.33. The van der Waals surface area contributed by atoms with Gasteiger partial charge in [-0.15, -0.1) is 0 Å². The Balaban J connectivity index is 1.78. The minimum atomic E-state index is -0.750. The quantitative estimate of drug-likeness (QED) is 0.233. The minimum absolute atomic E-state index is 0.0506. The second-order valence-electron chi connectivity index (χ2n) is 9.90. The van der Waals surface area contributed by atoms with Crippen molar-refractivity contribution in [3.8, 4) is 17.2 Å². The van der Waals surface area contributed by atoms with Crippen molar-refractivity contribution in [3.05, 3.63) is 58.7 Å². The molecule has 2 aromatic rings. The van der Waals surface area contributed by atoms with Crippen LogP contribution in [0.15, 0.2) is 42.0 Å². The average molecular weight is 537 g/mol. The van der Waals surface area contributed by atoms with Crippen LogP contribution < -0.4 is 14.2 Å². The molecule has 0 aliphatic carbocycles. The monoisotopic (exact) mass is 536 g/mol. The SMILES string of the molecule is CCOc1ccc([C@@H]2C(=C(O)c3ccc4c(c3)C[C@H](C)O4)C(=O)C(=O)N2CCCN(CC)CC)cc1OCC. The van der Waals surface area contributed by atoms with Gasteiger partial charge >= 0.3 is 0 Å². The summed E-state index contributed by atoms with van der Waals surface area (Å²) in [6, 6.07) is 10.1. The van der Waals surface area contributed by atoms with E-state index in [1.165, 1.54) is 0 Å². The Morgan fingerprint density at radius 1 is 1.03 bits per heavy atom. The number of hydrogen-bond donors (Lipinski definition) is 1. The first kappa shape index (κ1) is 28.5. The van der Waals surface area contributed by atoms with Crippen molar-refractivity contribution in [1.29, 1.82) is 0 Å². The lowest BCUT2D eigenvalue weighted by molar-refractivity contribution is -0.140. The van der Waals surface area contributed by atoms with Gasteiger partial charge < -0.3 is 29.1 Å². The zero-order chi connectivity index (χ0) is 28.1. The van der Waals surface area contributed by atoms with Crippen molar-refractivity contribution in [1.82, 2.24) is 9.80 Å². The Hall–Kier alpha value is -3.52. The summed E-state index contributed by atoms with van der Waals surface area (Å²) in [6.45, 7) is 13.9. The van der Waals surface area contributed by atoms with E-state index in [0.717, 1.165) is 37.4 Å². The van der Waals surface area contributed by atoms with Crippen LogP contribution in [0.1, 0.15) is 63.8 Å². The molecule has 0 radical (unpaired) electrons. The molecule has 8 heteroatoms. The van der Waals surface area contributed by atoms with Crippen LogP contribution in [0.4, 0.5) is 0 Å². The van der Waals surface area contributed by atoms with Gasteiger partial charge in [-0.25, -0.2) is 0 Å². The molecule has 2 aliphatic rings. The number of aliphatic hydroxyl groups excluding tert-OH is 1. The lowest BCUT2D eigenvalue weighted by Gasteiger charge is -2.27. The Kier molecular flexibility index (Phi) is 9.17. The van der Waals surface area contributed by atoms with E-state index in [0.29, 0.717) is 48.8 Å². The van der Waals surface area contributed by atoms with E-state index in [2.05, 4.69) is 18.7 Å². The van der Waals surface area contributed by atoms with Gasteiger partial charge in [0.25, 0.3) is 11.7 Å². The highest BCUT2D eigenvalue weighted by atomic mass is 16.5. The number of carbonyl (C=O) groups excluding carboxylic acids is 2. The van der Waals surface area contributed by atoms with E-state index in [-0.39, 0.29) is 17.4 Å². The van der Waals surface area contributed by atoms with E-state index in [1.807, 2.05) is 45.0 Å². The van der Waals surface area contributed by atoms with Gasteiger partial charge in [0, 0.05) is 18.5 Å². The number of ether oxygens (including phenoxy) is 3. The van der Waals surface area contributed by atoms with Gasteiger partial charge in [0.1, 0.15) is 17.6 Å². The lowest BCUT2D eigenvalue weighted by atomic mass is 9.94. The van der Waals surface area contributed by atoms with Crippen LogP contribution >= 0.6 is 0 Å².